The van der Waals surface area contributed by atoms with Crippen LogP contribution in [0.1, 0.15) is 36.5 Å². The van der Waals surface area contributed by atoms with E-state index < -0.39 is 0 Å². The van der Waals surface area contributed by atoms with Gasteiger partial charge in [-0.3, -0.25) is 10.1 Å². The van der Waals surface area contributed by atoms with Crippen molar-refractivity contribution < 1.29 is 14.4 Å². The summed E-state index contributed by atoms with van der Waals surface area (Å²) in [6.45, 7) is 1.79. The van der Waals surface area contributed by atoms with Gasteiger partial charge in [0.15, 0.2) is 11.5 Å². The van der Waals surface area contributed by atoms with Crippen LogP contribution in [0.2, 0.25) is 0 Å². The molecule has 20 heavy (non-hydrogen) atoms. The largest absolute Gasteiger partial charge is 0.493 e. The van der Waals surface area contributed by atoms with Gasteiger partial charge in [0.1, 0.15) is 0 Å². The van der Waals surface area contributed by atoms with E-state index in [0.29, 0.717) is 12.2 Å². The van der Waals surface area contributed by atoms with Gasteiger partial charge in [0.05, 0.1) is 19.1 Å². The summed E-state index contributed by atoms with van der Waals surface area (Å²) in [4.78, 5) is 10.7. The molecule has 108 valence electrons. The van der Waals surface area contributed by atoms with Crippen LogP contribution >= 0.6 is 0 Å². The van der Waals surface area contributed by atoms with Gasteiger partial charge in [-0.1, -0.05) is 6.92 Å². The molecular formula is C15H19NO4. The SMILES string of the molecule is CC/C(=C\c1cc(OC)c(OC)c2c1CCC2)[N+](=O)[O-]. The highest BCUT2D eigenvalue weighted by Crippen LogP contribution is 2.41. The topological polar surface area (TPSA) is 61.6 Å². The van der Waals surface area contributed by atoms with Gasteiger partial charge in [0.2, 0.25) is 5.70 Å². The van der Waals surface area contributed by atoms with Crippen molar-refractivity contribution in [2.75, 3.05) is 14.2 Å². The van der Waals surface area contributed by atoms with Crippen LogP contribution in [0.5, 0.6) is 11.5 Å². The van der Waals surface area contributed by atoms with Crippen LogP contribution in [-0.4, -0.2) is 19.1 Å². The maximum atomic E-state index is 11.0. The van der Waals surface area contributed by atoms with Gasteiger partial charge in [-0.05, 0) is 36.5 Å². The van der Waals surface area contributed by atoms with Crippen molar-refractivity contribution in [1.82, 2.24) is 0 Å². The van der Waals surface area contributed by atoms with Crippen molar-refractivity contribution in [3.8, 4) is 11.5 Å². The molecule has 0 N–H and O–H groups in total. The second-order valence-corrected chi connectivity index (χ2v) is 4.76. The van der Waals surface area contributed by atoms with Gasteiger partial charge in [-0.25, -0.2) is 0 Å². The summed E-state index contributed by atoms with van der Waals surface area (Å²) in [5.41, 5.74) is 3.36. The Kier molecular flexibility index (Phi) is 4.27. The van der Waals surface area contributed by atoms with Crippen molar-refractivity contribution in [3.05, 3.63) is 38.6 Å². The zero-order valence-corrected chi connectivity index (χ0v) is 12.1. The fraction of sp³-hybridized carbons (Fsp3) is 0.467. The lowest BCUT2D eigenvalue weighted by Gasteiger charge is -2.14. The Morgan fingerprint density at radius 1 is 1.35 bits per heavy atom. The summed E-state index contributed by atoms with van der Waals surface area (Å²) in [6.07, 6.45) is 4.95. The number of hydrogen-bond donors (Lipinski definition) is 0. The van der Waals surface area contributed by atoms with Gasteiger partial charge in [0, 0.05) is 18.1 Å². The molecule has 5 heteroatoms. The number of benzene rings is 1. The molecule has 0 atom stereocenters. The van der Waals surface area contributed by atoms with Crippen molar-refractivity contribution in [1.29, 1.82) is 0 Å². The third kappa shape index (κ3) is 2.48. The molecule has 0 amide bonds. The van der Waals surface area contributed by atoms with Crippen LogP contribution in [-0.2, 0) is 12.8 Å². The second kappa shape index (κ2) is 5.94. The molecule has 1 aromatic carbocycles. The fourth-order valence-electron chi connectivity index (χ4n) is 2.72. The Hall–Kier alpha value is -2.04. The number of fused-ring (bicyclic) bond motifs is 1. The molecule has 0 aliphatic heterocycles. The summed E-state index contributed by atoms with van der Waals surface area (Å²) in [6, 6.07) is 1.84. The van der Waals surface area contributed by atoms with Crippen molar-refractivity contribution >= 4 is 6.08 Å². The molecule has 0 bridgehead atoms. The van der Waals surface area contributed by atoms with E-state index in [9.17, 15) is 10.1 Å². The Bertz CT molecular complexity index is 563. The lowest BCUT2D eigenvalue weighted by Crippen LogP contribution is -2.01. The predicted molar refractivity (Wildman–Crippen MR) is 76.8 cm³/mol. The lowest BCUT2D eigenvalue weighted by molar-refractivity contribution is -0.425. The van der Waals surface area contributed by atoms with Gasteiger partial charge in [-0.2, -0.15) is 0 Å². The Labute approximate surface area is 118 Å². The van der Waals surface area contributed by atoms with Crippen molar-refractivity contribution in [2.24, 2.45) is 0 Å². The lowest BCUT2D eigenvalue weighted by atomic mass is 10.00. The molecule has 0 saturated carbocycles. The van der Waals surface area contributed by atoms with E-state index in [1.54, 1.807) is 27.2 Å². The minimum Gasteiger partial charge on any atom is -0.493 e. The number of methoxy groups -OCH3 is 2. The van der Waals surface area contributed by atoms with Crippen molar-refractivity contribution in [3.63, 3.8) is 0 Å². The number of nitro groups is 1. The number of nitrogens with zero attached hydrogens (tertiary/aromatic N) is 1. The van der Waals surface area contributed by atoms with Gasteiger partial charge < -0.3 is 9.47 Å². The Balaban J connectivity index is 2.60. The molecule has 0 unspecified atom stereocenters. The highest BCUT2D eigenvalue weighted by Gasteiger charge is 2.23. The van der Waals surface area contributed by atoms with Crippen LogP contribution in [0.15, 0.2) is 11.8 Å². The maximum absolute atomic E-state index is 11.0. The standard InChI is InChI=1S/C15H19NO4/c1-4-11(16(17)18)8-10-9-14(19-2)15(20-3)13-7-5-6-12(10)13/h8-9H,4-7H2,1-3H3/b11-8+. The number of ether oxygens (including phenoxy) is 2. The summed E-state index contributed by atoms with van der Waals surface area (Å²) in [5.74, 6) is 1.40. The first-order valence-corrected chi connectivity index (χ1v) is 6.74. The summed E-state index contributed by atoms with van der Waals surface area (Å²) < 4.78 is 10.8. The molecule has 2 rings (SSSR count). The van der Waals surface area contributed by atoms with Crippen LogP contribution in [0.3, 0.4) is 0 Å². The molecule has 5 nitrogen and oxygen atoms in total. The quantitative estimate of drug-likeness (QED) is 0.612. The number of hydrogen-bond acceptors (Lipinski definition) is 4. The van der Waals surface area contributed by atoms with Crippen LogP contribution in [0.4, 0.5) is 0 Å². The first-order valence-electron chi connectivity index (χ1n) is 6.74. The van der Waals surface area contributed by atoms with Gasteiger partial charge >= 0.3 is 0 Å². The molecule has 1 aromatic rings. The first-order chi connectivity index (χ1) is 9.62. The minimum atomic E-state index is -0.321. The van der Waals surface area contributed by atoms with Gasteiger partial charge in [0.25, 0.3) is 0 Å². The predicted octanol–water partition coefficient (Wildman–Crippen LogP) is 3.22. The van der Waals surface area contributed by atoms with E-state index >= 15 is 0 Å². The average Bonchev–Trinajstić information content (AvgIpc) is 2.92. The average molecular weight is 277 g/mol. The molecule has 0 heterocycles. The third-order valence-electron chi connectivity index (χ3n) is 3.69. The molecule has 0 spiro atoms. The Morgan fingerprint density at radius 2 is 2.05 bits per heavy atom. The maximum Gasteiger partial charge on any atom is 0.246 e. The molecule has 0 radical (unpaired) electrons. The van der Waals surface area contributed by atoms with Crippen LogP contribution in [0, 0.1) is 10.1 Å². The highest BCUT2D eigenvalue weighted by atomic mass is 16.6. The molecule has 0 aromatic heterocycles. The number of rotatable bonds is 5. The summed E-state index contributed by atoms with van der Waals surface area (Å²) in [5, 5.41) is 11.0. The van der Waals surface area contributed by atoms with Gasteiger partial charge in [-0.15, -0.1) is 0 Å². The van der Waals surface area contributed by atoms with E-state index in [1.807, 2.05) is 6.07 Å². The van der Waals surface area contributed by atoms with E-state index in [-0.39, 0.29) is 10.6 Å². The van der Waals surface area contributed by atoms with E-state index in [1.165, 1.54) is 0 Å². The van der Waals surface area contributed by atoms with E-state index in [0.717, 1.165) is 41.7 Å². The monoisotopic (exact) mass is 277 g/mol. The molecule has 0 saturated heterocycles. The van der Waals surface area contributed by atoms with E-state index in [2.05, 4.69) is 0 Å². The Morgan fingerprint density at radius 3 is 2.60 bits per heavy atom. The first kappa shape index (κ1) is 14.4. The zero-order valence-electron chi connectivity index (χ0n) is 12.1. The van der Waals surface area contributed by atoms with Crippen LogP contribution in [0.25, 0.3) is 6.08 Å². The van der Waals surface area contributed by atoms with Crippen LogP contribution < -0.4 is 9.47 Å². The normalized spacial score (nSPS) is 14.1. The molecule has 0 fully saturated rings. The zero-order chi connectivity index (χ0) is 14.7. The number of allylic oxidation sites excluding steroid dienone is 1. The molecule has 1 aliphatic carbocycles. The summed E-state index contributed by atoms with van der Waals surface area (Å²) >= 11 is 0. The fourth-order valence-corrected chi connectivity index (χ4v) is 2.72. The van der Waals surface area contributed by atoms with Crippen molar-refractivity contribution in [2.45, 2.75) is 32.6 Å². The second-order valence-electron chi connectivity index (χ2n) is 4.76. The smallest absolute Gasteiger partial charge is 0.246 e. The third-order valence-corrected chi connectivity index (χ3v) is 3.69. The molecular weight excluding hydrogens is 258 g/mol. The highest BCUT2D eigenvalue weighted by molar-refractivity contribution is 5.66. The van der Waals surface area contributed by atoms with E-state index in [4.69, 9.17) is 9.47 Å². The summed E-state index contributed by atoms with van der Waals surface area (Å²) in [7, 11) is 3.21. The molecule has 1 aliphatic rings. The minimum absolute atomic E-state index is 0.214.